The number of hydrogen-bond donors (Lipinski definition) is 2. The monoisotopic (exact) mass is 561 g/mol. The number of alkyl halides is 2. The second-order valence-electron chi connectivity index (χ2n) is 12.0. The van der Waals surface area contributed by atoms with Gasteiger partial charge >= 0.3 is 0 Å². The molecule has 2 aliphatic rings. The van der Waals surface area contributed by atoms with Gasteiger partial charge < -0.3 is 19.9 Å². The summed E-state index contributed by atoms with van der Waals surface area (Å²) < 4.78 is 39.4. The molecule has 2 N–H and O–H groups in total. The Morgan fingerprint density at radius 1 is 1.07 bits per heavy atom. The predicted octanol–water partition coefficient (Wildman–Crippen LogP) is 6.21. The largest absolute Gasteiger partial charge is 0.490 e. The van der Waals surface area contributed by atoms with Crippen LogP contribution in [0.4, 0.5) is 8.78 Å². The van der Waals surface area contributed by atoms with Crippen molar-refractivity contribution in [3.05, 3.63) is 84.2 Å². The van der Waals surface area contributed by atoms with Gasteiger partial charge in [0.2, 0.25) is 0 Å². The van der Waals surface area contributed by atoms with Gasteiger partial charge in [-0.3, -0.25) is 4.79 Å². The first-order chi connectivity index (χ1) is 19.6. The van der Waals surface area contributed by atoms with Crippen LogP contribution in [-0.4, -0.2) is 45.0 Å². The smallest absolute Gasteiger partial charge is 0.263 e. The van der Waals surface area contributed by atoms with E-state index in [9.17, 15) is 18.7 Å². The third-order valence-corrected chi connectivity index (χ3v) is 7.97. The van der Waals surface area contributed by atoms with E-state index in [1.807, 2.05) is 30.3 Å². The summed E-state index contributed by atoms with van der Waals surface area (Å²) in [7, 11) is 0. The fraction of sp³-hybridized carbons (Fsp3) is 0.375. The lowest BCUT2D eigenvalue weighted by Gasteiger charge is -2.57. The maximum absolute atomic E-state index is 13.0. The molecule has 214 valence electrons. The molecule has 0 bridgehead atoms. The van der Waals surface area contributed by atoms with E-state index in [-0.39, 0.29) is 35.6 Å². The molecule has 7 nitrogen and oxygen atoms in total. The first-order valence-electron chi connectivity index (χ1n) is 13.8. The molecule has 2 saturated carbocycles. The van der Waals surface area contributed by atoms with Gasteiger partial charge in [0.05, 0.1) is 35.2 Å². The number of benzene rings is 2. The molecule has 0 radical (unpaired) electrons. The highest BCUT2D eigenvalue weighted by Crippen LogP contribution is 2.56. The summed E-state index contributed by atoms with van der Waals surface area (Å²) in [6.07, 6.45) is 4.64. The Hall–Kier alpha value is -3.98. The lowest BCUT2D eigenvalue weighted by molar-refractivity contribution is -0.0833. The summed E-state index contributed by atoms with van der Waals surface area (Å²) in [6, 6.07) is 17.7. The first-order valence-corrected chi connectivity index (χ1v) is 13.8. The molecule has 2 heterocycles. The average Bonchev–Trinajstić information content (AvgIpc) is 3.33. The van der Waals surface area contributed by atoms with Gasteiger partial charge in [-0.1, -0.05) is 30.3 Å². The van der Waals surface area contributed by atoms with Crippen molar-refractivity contribution >= 4 is 11.4 Å². The van der Waals surface area contributed by atoms with Crippen molar-refractivity contribution in [2.75, 3.05) is 6.61 Å². The van der Waals surface area contributed by atoms with E-state index in [0.717, 1.165) is 42.6 Å². The second-order valence-corrected chi connectivity index (χ2v) is 12.0. The number of rotatable bonds is 9. The van der Waals surface area contributed by atoms with Crippen LogP contribution in [0, 0.1) is 5.41 Å². The minimum absolute atomic E-state index is 0.0134. The van der Waals surface area contributed by atoms with E-state index in [1.165, 1.54) is 12.1 Å². The van der Waals surface area contributed by atoms with Crippen LogP contribution in [0.2, 0.25) is 0 Å². The zero-order valence-electron chi connectivity index (χ0n) is 23.0. The lowest BCUT2D eigenvalue weighted by Crippen LogP contribution is -2.58. The predicted molar refractivity (Wildman–Crippen MR) is 150 cm³/mol. The Bertz CT molecular complexity index is 1550. The molecule has 2 aromatic carbocycles. The number of aromatic nitrogens is 2. The zero-order valence-corrected chi connectivity index (χ0v) is 23.0. The quantitative estimate of drug-likeness (QED) is 0.254. The maximum Gasteiger partial charge on any atom is 0.263 e. The zero-order chi connectivity index (χ0) is 28.8. The van der Waals surface area contributed by atoms with E-state index in [0.29, 0.717) is 16.8 Å². The number of hydrogen-bond acceptors (Lipinski definition) is 5. The summed E-state index contributed by atoms with van der Waals surface area (Å²) in [4.78, 5) is 13.0. The van der Waals surface area contributed by atoms with Crippen LogP contribution in [-0.2, 0) is 0 Å². The van der Waals surface area contributed by atoms with Gasteiger partial charge in [-0.15, -0.1) is 0 Å². The molecule has 4 aromatic rings. The average molecular weight is 562 g/mol. The van der Waals surface area contributed by atoms with Crippen molar-refractivity contribution in [2.24, 2.45) is 5.41 Å². The first kappa shape index (κ1) is 27.2. The van der Waals surface area contributed by atoms with Crippen LogP contribution in [0.15, 0.2) is 73.1 Å². The number of pyridine rings is 1. The molecule has 0 aliphatic heterocycles. The molecule has 1 spiro atoms. The van der Waals surface area contributed by atoms with E-state index in [2.05, 4.69) is 10.4 Å². The number of nitrogens with one attached hydrogen (secondary N) is 1. The van der Waals surface area contributed by atoms with Gasteiger partial charge in [-0.25, -0.2) is 13.3 Å². The van der Waals surface area contributed by atoms with Gasteiger partial charge in [0.1, 0.15) is 18.1 Å². The summed E-state index contributed by atoms with van der Waals surface area (Å²) in [5.74, 6) is 1.19. The molecule has 9 heteroatoms. The topological polar surface area (TPSA) is 85.1 Å². The number of carbonyl (C=O) groups is 1. The summed E-state index contributed by atoms with van der Waals surface area (Å²) in [6.45, 7) is 3.49. The molecule has 0 unspecified atom stereocenters. The maximum atomic E-state index is 13.0. The third kappa shape index (κ3) is 5.91. The number of ether oxygens (including phenoxy) is 2. The van der Waals surface area contributed by atoms with Gasteiger partial charge in [0.15, 0.2) is 0 Å². The Labute approximate surface area is 237 Å². The number of fused-ring (bicyclic) bond motifs is 1. The molecule has 1 amide bonds. The lowest BCUT2D eigenvalue weighted by atomic mass is 9.53. The highest BCUT2D eigenvalue weighted by Gasteiger charge is 2.54. The van der Waals surface area contributed by atoms with E-state index in [4.69, 9.17) is 9.47 Å². The van der Waals surface area contributed by atoms with Crippen molar-refractivity contribution in [3.63, 3.8) is 0 Å². The van der Waals surface area contributed by atoms with Gasteiger partial charge in [-0.2, -0.15) is 5.10 Å². The summed E-state index contributed by atoms with van der Waals surface area (Å²) >= 11 is 0. The van der Waals surface area contributed by atoms with Crippen LogP contribution in [0.1, 0.15) is 61.9 Å². The normalized spacial score (nSPS) is 21.9. The van der Waals surface area contributed by atoms with Gasteiger partial charge in [-0.05, 0) is 86.4 Å². The van der Waals surface area contributed by atoms with Gasteiger partial charge in [0.25, 0.3) is 12.3 Å². The number of carbonyl (C=O) groups excluding carboxylic acids is 1. The fourth-order valence-electron chi connectivity index (χ4n) is 5.93. The Morgan fingerprint density at radius 3 is 2.51 bits per heavy atom. The van der Waals surface area contributed by atoms with E-state index in [1.54, 1.807) is 49.0 Å². The second kappa shape index (κ2) is 10.4. The molecule has 2 aromatic heterocycles. The van der Waals surface area contributed by atoms with E-state index < -0.39 is 12.0 Å². The SMILES string of the molecule is CC(C)(O)COc1ccc2c(C(=O)NC3CC4(C3)CC(Oc3ccc(-c5cccc(C(F)F)c5)cc3)C4)cnn2c1. The highest BCUT2D eigenvalue weighted by atomic mass is 19.3. The van der Waals surface area contributed by atoms with Crippen molar-refractivity contribution in [1.82, 2.24) is 14.9 Å². The number of amides is 1. The van der Waals surface area contributed by atoms with Crippen molar-refractivity contribution in [3.8, 4) is 22.6 Å². The molecule has 6 rings (SSSR count). The fourth-order valence-corrected chi connectivity index (χ4v) is 5.93. The third-order valence-electron chi connectivity index (χ3n) is 7.97. The van der Waals surface area contributed by atoms with Crippen LogP contribution < -0.4 is 14.8 Å². The number of aliphatic hydroxyl groups is 1. The van der Waals surface area contributed by atoms with Crippen LogP contribution >= 0.6 is 0 Å². The summed E-state index contributed by atoms with van der Waals surface area (Å²) in [5.41, 5.74) is 2.11. The molecule has 2 fully saturated rings. The standard InChI is InChI=1S/C32H33F2N3O4/c1-31(2,39)19-40-25-10-11-28-27(17-35-37(28)18-25)30(38)36-23-13-32(14-23)15-26(16-32)41-24-8-6-20(7-9-24)21-4-3-5-22(12-21)29(33)34/h3-12,17-18,23,26,29,39H,13-16,19H2,1-2H3,(H,36,38). The number of halogens is 2. The molecular weight excluding hydrogens is 528 g/mol. The Kier molecular flexibility index (Phi) is 6.93. The highest BCUT2D eigenvalue weighted by molar-refractivity contribution is 6.00. The molecule has 0 saturated heterocycles. The molecule has 2 aliphatic carbocycles. The minimum Gasteiger partial charge on any atom is -0.490 e. The van der Waals surface area contributed by atoms with Gasteiger partial charge in [0, 0.05) is 11.6 Å². The van der Waals surface area contributed by atoms with E-state index >= 15 is 0 Å². The molecular formula is C32H33F2N3O4. The minimum atomic E-state index is -2.49. The van der Waals surface area contributed by atoms with Crippen molar-refractivity contribution in [1.29, 1.82) is 0 Å². The van der Waals surface area contributed by atoms with Crippen molar-refractivity contribution < 1.29 is 28.2 Å². The van der Waals surface area contributed by atoms with Crippen LogP contribution in [0.5, 0.6) is 11.5 Å². The number of nitrogens with zero attached hydrogens (tertiary/aromatic N) is 2. The van der Waals surface area contributed by atoms with Crippen LogP contribution in [0.3, 0.4) is 0 Å². The Morgan fingerprint density at radius 2 is 1.80 bits per heavy atom. The molecule has 41 heavy (non-hydrogen) atoms. The molecule has 0 atom stereocenters. The van der Waals surface area contributed by atoms with Crippen LogP contribution in [0.25, 0.3) is 16.6 Å². The van der Waals surface area contributed by atoms with Crippen molar-refractivity contribution in [2.45, 2.75) is 63.7 Å². The summed E-state index contributed by atoms with van der Waals surface area (Å²) in [5, 5.41) is 17.3. The Balaban J connectivity index is 0.975.